The van der Waals surface area contributed by atoms with Crippen LogP contribution in [0.1, 0.15) is 42.0 Å². The first kappa shape index (κ1) is 11.6. The fourth-order valence-electron chi connectivity index (χ4n) is 2.60. The minimum absolute atomic E-state index is 0.230. The lowest BCUT2D eigenvalue weighted by Gasteiger charge is -2.34. The summed E-state index contributed by atoms with van der Waals surface area (Å²) in [4.78, 5) is 0. The van der Waals surface area contributed by atoms with Gasteiger partial charge in [-0.25, -0.2) is 0 Å². The maximum Gasteiger partial charge on any atom is 0.0761 e. The quantitative estimate of drug-likeness (QED) is 0.820. The molecule has 0 amide bonds. The first-order valence-corrected chi connectivity index (χ1v) is 6.11. The summed E-state index contributed by atoms with van der Waals surface area (Å²) in [6, 6.07) is 5.94. The van der Waals surface area contributed by atoms with E-state index in [1.165, 1.54) is 17.5 Å². The minimum atomic E-state index is -0.381. The zero-order valence-electron chi connectivity index (χ0n) is 10.1. The fraction of sp³-hybridized carbons (Fsp3) is 0.571. The molecule has 0 saturated heterocycles. The van der Waals surface area contributed by atoms with Crippen molar-refractivity contribution in [3.63, 3.8) is 0 Å². The Bertz CT molecular complexity index is 351. The molecule has 2 rings (SSSR count). The van der Waals surface area contributed by atoms with Crippen molar-refractivity contribution >= 4 is 0 Å². The van der Waals surface area contributed by atoms with Gasteiger partial charge < -0.3 is 10.8 Å². The Kier molecular flexibility index (Phi) is 3.31. The molecule has 1 aliphatic carbocycles. The molecular weight excluding hydrogens is 198 g/mol. The Morgan fingerprint density at radius 3 is 2.25 bits per heavy atom. The van der Waals surface area contributed by atoms with Crippen LogP contribution in [0.2, 0.25) is 0 Å². The Balaban J connectivity index is 2.22. The summed E-state index contributed by atoms with van der Waals surface area (Å²) in [5.74, 6) is 0.411. The highest BCUT2D eigenvalue weighted by molar-refractivity contribution is 5.36. The Morgan fingerprint density at radius 2 is 1.81 bits per heavy atom. The molecular formula is C14H21NO. The number of aryl methyl sites for hydroxylation is 2. The lowest BCUT2D eigenvalue weighted by molar-refractivity contribution is 0.0410. The molecule has 1 aliphatic rings. The molecule has 2 heteroatoms. The molecule has 1 aromatic carbocycles. The lowest BCUT2D eigenvalue weighted by atomic mass is 9.76. The van der Waals surface area contributed by atoms with Crippen LogP contribution < -0.4 is 5.73 Å². The Hall–Kier alpha value is -0.860. The fourth-order valence-corrected chi connectivity index (χ4v) is 2.60. The molecule has 0 heterocycles. The highest BCUT2D eigenvalue weighted by Gasteiger charge is 2.31. The van der Waals surface area contributed by atoms with Crippen LogP contribution in [0.4, 0.5) is 0 Å². The van der Waals surface area contributed by atoms with Crippen molar-refractivity contribution < 1.29 is 5.11 Å². The van der Waals surface area contributed by atoms with Crippen LogP contribution in [0.3, 0.4) is 0 Å². The SMILES string of the molecule is Cc1cccc(C)c1[C@H](N)[C@H](O)C1CCC1. The van der Waals surface area contributed by atoms with Crippen LogP contribution in [0.25, 0.3) is 0 Å². The zero-order valence-corrected chi connectivity index (χ0v) is 10.1. The van der Waals surface area contributed by atoms with Gasteiger partial charge in [-0.15, -0.1) is 0 Å². The third-order valence-corrected chi connectivity index (χ3v) is 3.88. The van der Waals surface area contributed by atoms with Crippen molar-refractivity contribution in [1.29, 1.82) is 0 Å². The normalized spacial score (nSPS) is 20.2. The third-order valence-electron chi connectivity index (χ3n) is 3.88. The number of nitrogens with two attached hydrogens (primary N) is 1. The Morgan fingerprint density at radius 1 is 1.25 bits per heavy atom. The van der Waals surface area contributed by atoms with Crippen molar-refractivity contribution in [1.82, 2.24) is 0 Å². The van der Waals surface area contributed by atoms with Crippen LogP contribution in [-0.4, -0.2) is 11.2 Å². The standard InChI is InChI=1S/C14H21NO/c1-9-5-3-6-10(2)12(9)13(15)14(16)11-7-4-8-11/h3,5-6,11,13-14,16H,4,7-8,15H2,1-2H3/t13-,14+/m0/s1. The van der Waals surface area contributed by atoms with Gasteiger partial charge in [-0.2, -0.15) is 0 Å². The van der Waals surface area contributed by atoms with Crippen LogP contribution in [-0.2, 0) is 0 Å². The molecule has 1 saturated carbocycles. The monoisotopic (exact) mass is 219 g/mol. The van der Waals surface area contributed by atoms with E-state index < -0.39 is 0 Å². The summed E-state index contributed by atoms with van der Waals surface area (Å²) in [5.41, 5.74) is 9.70. The maximum atomic E-state index is 10.2. The second-order valence-electron chi connectivity index (χ2n) is 5.01. The van der Waals surface area contributed by atoms with Gasteiger partial charge >= 0.3 is 0 Å². The van der Waals surface area contributed by atoms with E-state index in [9.17, 15) is 5.11 Å². The summed E-state index contributed by atoms with van der Waals surface area (Å²) in [6.45, 7) is 4.13. The van der Waals surface area contributed by atoms with Gasteiger partial charge in [0.15, 0.2) is 0 Å². The van der Waals surface area contributed by atoms with Gasteiger partial charge in [0.1, 0.15) is 0 Å². The highest BCUT2D eigenvalue weighted by Crippen LogP contribution is 2.35. The summed E-state index contributed by atoms with van der Waals surface area (Å²) in [7, 11) is 0. The van der Waals surface area contributed by atoms with Gasteiger partial charge in [0.05, 0.1) is 12.1 Å². The number of rotatable bonds is 3. The van der Waals surface area contributed by atoms with Gasteiger partial charge in [0.2, 0.25) is 0 Å². The average Bonchev–Trinajstić information content (AvgIpc) is 2.14. The highest BCUT2D eigenvalue weighted by atomic mass is 16.3. The number of hydrogen-bond donors (Lipinski definition) is 2. The molecule has 2 nitrogen and oxygen atoms in total. The van der Waals surface area contributed by atoms with Crippen molar-refractivity contribution in [3.8, 4) is 0 Å². The van der Waals surface area contributed by atoms with Crippen molar-refractivity contribution in [3.05, 3.63) is 34.9 Å². The topological polar surface area (TPSA) is 46.2 Å². The van der Waals surface area contributed by atoms with Crippen LogP contribution in [0.5, 0.6) is 0 Å². The summed E-state index contributed by atoms with van der Waals surface area (Å²) in [6.07, 6.45) is 3.11. The molecule has 88 valence electrons. The van der Waals surface area contributed by atoms with Gasteiger partial charge in [-0.3, -0.25) is 0 Å². The van der Waals surface area contributed by atoms with Crippen LogP contribution in [0.15, 0.2) is 18.2 Å². The molecule has 1 aromatic rings. The average molecular weight is 219 g/mol. The lowest BCUT2D eigenvalue weighted by Crippen LogP contribution is -2.37. The smallest absolute Gasteiger partial charge is 0.0761 e. The second-order valence-corrected chi connectivity index (χ2v) is 5.01. The first-order chi connectivity index (χ1) is 7.61. The molecule has 0 aliphatic heterocycles. The largest absolute Gasteiger partial charge is 0.391 e. The zero-order chi connectivity index (χ0) is 11.7. The van der Waals surface area contributed by atoms with E-state index in [4.69, 9.17) is 5.73 Å². The number of aliphatic hydroxyl groups is 1. The van der Waals surface area contributed by atoms with Crippen molar-refractivity contribution in [2.75, 3.05) is 0 Å². The van der Waals surface area contributed by atoms with E-state index in [1.54, 1.807) is 0 Å². The van der Waals surface area contributed by atoms with E-state index >= 15 is 0 Å². The summed E-state index contributed by atoms with van der Waals surface area (Å²) in [5, 5.41) is 10.2. The molecule has 16 heavy (non-hydrogen) atoms. The summed E-state index contributed by atoms with van der Waals surface area (Å²) < 4.78 is 0. The third kappa shape index (κ3) is 2.00. The molecule has 0 bridgehead atoms. The van der Waals surface area contributed by atoms with Crippen molar-refractivity contribution in [2.45, 2.75) is 45.3 Å². The van der Waals surface area contributed by atoms with Crippen LogP contribution >= 0.6 is 0 Å². The van der Waals surface area contributed by atoms with Gasteiger partial charge in [0.25, 0.3) is 0 Å². The molecule has 0 aromatic heterocycles. The van der Waals surface area contributed by atoms with E-state index in [2.05, 4.69) is 26.0 Å². The van der Waals surface area contributed by atoms with Crippen LogP contribution in [0, 0.1) is 19.8 Å². The predicted molar refractivity (Wildman–Crippen MR) is 66.2 cm³/mol. The Labute approximate surface area is 97.5 Å². The van der Waals surface area contributed by atoms with E-state index in [1.807, 2.05) is 6.07 Å². The predicted octanol–water partition coefficient (Wildman–Crippen LogP) is 2.46. The first-order valence-electron chi connectivity index (χ1n) is 6.11. The number of benzene rings is 1. The number of hydrogen-bond acceptors (Lipinski definition) is 2. The van der Waals surface area contributed by atoms with Gasteiger partial charge in [-0.1, -0.05) is 24.6 Å². The maximum absolute atomic E-state index is 10.2. The second kappa shape index (κ2) is 4.56. The van der Waals surface area contributed by atoms with E-state index in [-0.39, 0.29) is 12.1 Å². The minimum Gasteiger partial charge on any atom is -0.391 e. The van der Waals surface area contributed by atoms with Crippen molar-refractivity contribution in [2.24, 2.45) is 11.7 Å². The molecule has 2 atom stereocenters. The molecule has 0 spiro atoms. The molecule has 0 radical (unpaired) electrons. The van der Waals surface area contributed by atoms with Gasteiger partial charge in [-0.05, 0) is 49.3 Å². The molecule has 1 fully saturated rings. The number of aliphatic hydroxyl groups excluding tert-OH is 1. The summed E-state index contributed by atoms with van der Waals surface area (Å²) >= 11 is 0. The van der Waals surface area contributed by atoms with E-state index in [0.717, 1.165) is 18.4 Å². The molecule has 0 unspecified atom stereocenters. The van der Waals surface area contributed by atoms with Gasteiger partial charge in [0, 0.05) is 0 Å². The van der Waals surface area contributed by atoms with E-state index in [0.29, 0.717) is 5.92 Å². The molecule has 3 N–H and O–H groups in total.